The number of aliphatic imine (C=N–C) groups is 1. The number of amides is 1. The van der Waals surface area contributed by atoms with Gasteiger partial charge in [-0.25, -0.2) is 4.99 Å². The second kappa shape index (κ2) is 5.04. The predicted molar refractivity (Wildman–Crippen MR) is 71.4 cm³/mol. The molecule has 0 atom stereocenters. The molecule has 0 unspecified atom stereocenters. The monoisotopic (exact) mass is 244 g/mol. The van der Waals surface area contributed by atoms with Crippen LogP contribution >= 0.6 is 0 Å². The molecule has 4 heteroatoms. The number of ether oxygens (including phenoxy) is 1. The summed E-state index contributed by atoms with van der Waals surface area (Å²) in [7, 11) is 1.61. The van der Waals surface area contributed by atoms with E-state index in [0.717, 1.165) is 11.3 Å². The van der Waals surface area contributed by atoms with E-state index in [1.807, 2.05) is 38.1 Å². The number of benzene rings is 1. The van der Waals surface area contributed by atoms with Gasteiger partial charge in [-0.15, -0.1) is 0 Å². The van der Waals surface area contributed by atoms with E-state index in [9.17, 15) is 4.79 Å². The van der Waals surface area contributed by atoms with Crippen LogP contribution in [0.15, 0.2) is 35.0 Å². The Morgan fingerprint density at radius 1 is 1.39 bits per heavy atom. The standard InChI is InChI=1S/C14H16N2O2/c1-9(2)13-15-12(14(17)16-13)8-10-5-4-6-11(7-10)18-3/h4-9H,1-3H3,(H,15,16,17)/b12-8+. The smallest absolute Gasteiger partial charge is 0.275 e. The van der Waals surface area contributed by atoms with Gasteiger partial charge in [0.1, 0.15) is 17.3 Å². The molecule has 0 spiro atoms. The minimum absolute atomic E-state index is 0.151. The van der Waals surface area contributed by atoms with Crippen molar-refractivity contribution in [1.29, 1.82) is 0 Å². The largest absolute Gasteiger partial charge is 0.497 e. The summed E-state index contributed by atoms with van der Waals surface area (Å²) in [4.78, 5) is 16.0. The van der Waals surface area contributed by atoms with Crippen molar-refractivity contribution >= 4 is 17.8 Å². The van der Waals surface area contributed by atoms with Crippen LogP contribution in [0.5, 0.6) is 5.75 Å². The van der Waals surface area contributed by atoms with Crippen molar-refractivity contribution in [2.24, 2.45) is 10.9 Å². The number of carbonyl (C=O) groups excluding carboxylic acids is 1. The van der Waals surface area contributed by atoms with Crippen LogP contribution in [0.3, 0.4) is 0 Å². The molecule has 1 aliphatic rings. The molecule has 0 bridgehead atoms. The summed E-state index contributed by atoms with van der Waals surface area (Å²) in [6, 6.07) is 7.51. The Labute approximate surface area is 106 Å². The molecule has 1 heterocycles. The zero-order valence-corrected chi connectivity index (χ0v) is 10.7. The highest BCUT2D eigenvalue weighted by Crippen LogP contribution is 2.18. The van der Waals surface area contributed by atoms with Crippen LogP contribution in [0.1, 0.15) is 19.4 Å². The zero-order valence-electron chi connectivity index (χ0n) is 10.7. The summed E-state index contributed by atoms with van der Waals surface area (Å²) in [6.07, 6.45) is 1.76. The summed E-state index contributed by atoms with van der Waals surface area (Å²) < 4.78 is 5.14. The Bertz CT molecular complexity index is 530. The maximum atomic E-state index is 11.7. The van der Waals surface area contributed by atoms with Gasteiger partial charge in [0, 0.05) is 5.92 Å². The van der Waals surface area contributed by atoms with Crippen LogP contribution < -0.4 is 10.1 Å². The van der Waals surface area contributed by atoms with Gasteiger partial charge in [-0.2, -0.15) is 0 Å². The van der Waals surface area contributed by atoms with Crippen LogP contribution in [0, 0.1) is 5.92 Å². The van der Waals surface area contributed by atoms with Crippen molar-refractivity contribution in [1.82, 2.24) is 5.32 Å². The van der Waals surface area contributed by atoms with E-state index < -0.39 is 0 Å². The fourth-order valence-corrected chi connectivity index (χ4v) is 1.65. The number of nitrogens with zero attached hydrogens (tertiary/aromatic N) is 1. The van der Waals surface area contributed by atoms with Crippen molar-refractivity contribution in [3.63, 3.8) is 0 Å². The Morgan fingerprint density at radius 3 is 2.78 bits per heavy atom. The normalized spacial score (nSPS) is 17.0. The Balaban J connectivity index is 2.30. The average Bonchev–Trinajstić information content (AvgIpc) is 2.71. The van der Waals surface area contributed by atoms with E-state index in [4.69, 9.17) is 4.74 Å². The molecule has 1 amide bonds. The zero-order chi connectivity index (χ0) is 13.1. The van der Waals surface area contributed by atoms with E-state index in [1.165, 1.54) is 0 Å². The molecule has 0 aliphatic carbocycles. The third kappa shape index (κ3) is 2.59. The number of nitrogens with one attached hydrogen (secondary N) is 1. The molecule has 1 aromatic rings. The molecule has 1 aromatic carbocycles. The molecule has 1 N–H and O–H groups in total. The van der Waals surface area contributed by atoms with Gasteiger partial charge in [-0.3, -0.25) is 4.79 Å². The highest BCUT2D eigenvalue weighted by Gasteiger charge is 2.21. The topological polar surface area (TPSA) is 50.7 Å². The van der Waals surface area contributed by atoms with E-state index in [-0.39, 0.29) is 11.8 Å². The lowest BCUT2D eigenvalue weighted by Gasteiger charge is -2.01. The third-order valence-corrected chi connectivity index (χ3v) is 2.66. The highest BCUT2D eigenvalue weighted by molar-refractivity contribution is 6.14. The van der Waals surface area contributed by atoms with Gasteiger partial charge in [-0.1, -0.05) is 26.0 Å². The van der Waals surface area contributed by atoms with Crippen molar-refractivity contribution in [3.05, 3.63) is 35.5 Å². The van der Waals surface area contributed by atoms with E-state index in [0.29, 0.717) is 11.5 Å². The average molecular weight is 244 g/mol. The first-order chi connectivity index (χ1) is 8.60. The van der Waals surface area contributed by atoms with Gasteiger partial charge in [0.15, 0.2) is 0 Å². The SMILES string of the molecule is COc1cccc(/C=C2/N=C(C(C)C)NC2=O)c1. The molecule has 2 rings (SSSR count). The van der Waals surface area contributed by atoms with Gasteiger partial charge in [0.05, 0.1) is 7.11 Å². The number of hydrogen-bond donors (Lipinski definition) is 1. The molecule has 0 saturated heterocycles. The number of rotatable bonds is 3. The first kappa shape index (κ1) is 12.4. The second-order valence-corrected chi connectivity index (χ2v) is 4.41. The van der Waals surface area contributed by atoms with Crippen molar-refractivity contribution < 1.29 is 9.53 Å². The molecule has 0 radical (unpaired) electrons. The van der Waals surface area contributed by atoms with Crippen molar-refractivity contribution in [2.75, 3.05) is 7.11 Å². The quantitative estimate of drug-likeness (QED) is 0.829. The number of hydrogen-bond acceptors (Lipinski definition) is 3. The summed E-state index contributed by atoms with van der Waals surface area (Å²) in [5, 5.41) is 2.76. The fourth-order valence-electron chi connectivity index (χ4n) is 1.65. The molecule has 94 valence electrons. The third-order valence-electron chi connectivity index (χ3n) is 2.66. The van der Waals surface area contributed by atoms with Gasteiger partial charge in [-0.05, 0) is 23.8 Å². The van der Waals surface area contributed by atoms with Crippen LogP contribution in [-0.2, 0) is 4.79 Å². The van der Waals surface area contributed by atoms with Crippen molar-refractivity contribution in [3.8, 4) is 5.75 Å². The first-order valence-corrected chi connectivity index (χ1v) is 5.86. The summed E-state index contributed by atoms with van der Waals surface area (Å²) in [5.74, 6) is 1.54. The lowest BCUT2D eigenvalue weighted by atomic mass is 10.2. The van der Waals surface area contributed by atoms with E-state index in [1.54, 1.807) is 13.2 Å². The van der Waals surface area contributed by atoms with Crippen molar-refractivity contribution in [2.45, 2.75) is 13.8 Å². The maximum Gasteiger partial charge on any atom is 0.275 e. The molecule has 4 nitrogen and oxygen atoms in total. The van der Waals surface area contributed by atoms with Crippen LogP contribution in [0.4, 0.5) is 0 Å². The Hall–Kier alpha value is -2.10. The molecule has 0 saturated carbocycles. The van der Waals surface area contributed by atoms with Crippen LogP contribution in [-0.4, -0.2) is 18.9 Å². The molecule has 0 aromatic heterocycles. The highest BCUT2D eigenvalue weighted by atomic mass is 16.5. The van der Waals surface area contributed by atoms with Crippen LogP contribution in [0.2, 0.25) is 0 Å². The minimum Gasteiger partial charge on any atom is -0.497 e. The molecular formula is C14H16N2O2. The first-order valence-electron chi connectivity index (χ1n) is 5.86. The summed E-state index contributed by atoms with van der Waals surface area (Å²) in [6.45, 7) is 3.99. The lowest BCUT2D eigenvalue weighted by molar-refractivity contribution is -0.115. The van der Waals surface area contributed by atoms with Crippen LogP contribution in [0.25, 0.3) is 6.08 Å². The molecule has 18 heavy (non-hydrogen) atoms. The minimum atomic E-state index is -0.151. The van der Waals surface area contributed by atoms with Gasteiger partial charge in [0.25, 0.3) is 5.91 Å². The molecule has 0 fully saturated rings. The Morgan fingerprint density at radius 2 is 2.17 bits per heavy atom. The lowest BCUT2D eigenvalue weighted by Crippen LogP contribution is -2.27. The second-order valence-electron chi connectivity index (χ2n) is 4.41. The number of carbonyl (C=O) groups is 1. The number of amidine groups is 1. The van der Waals surface area contributed by atoms with Gasteiger partial charge < -0.3 is 10.1 Å². The van der Waals surface area contributed by atoms with E-state index in [2.05, 4.69) is 10.3 Å². The maximum absolute atomic E-state index is 11.7. The molecular weight excluding hydrogens is 228 g/mol. The fraction of sp³-hybridized carbons (Fsp3) is 0.286. The summed E-state index contributed by atoms with van der Waals surface area (Å²) in [5.41, 5.74) is 1.33. The Kier molecular flexibility index (Phi) is 3.46. The summed E-state index contributed by atoms with van der Waals surface area (Å²) >= 11 is 0. The van der Waals surface area contributed by atoms with Gasteiger partial charge in [0.2, 0.25) is 0 Å². The van der Waals surface area contributed by atoms with E-state index >= 15 is 0 Å². The molecule has 1 aliphatic heterocycles. The van der Waals surface area contributed by atoms with Gasteiger partial charge >= 0.3 is 0 Å². The number of methoxy groups -OCH3 is 1. The predicted octanol–water partition coefficient (Wildman–Crippen LogP) is 2.22.